The van der Waals surface area contributed by atoms with Crippen molar-refractivity contribution in [2.45, 2.75) is 31.6 Å². The van der Waals surface area contributed by atoms with Crippen LogP contribution in [0.4, 0.5) is 0 Å². The second-order valence-corrected chi connectivity index (χ2v) is 7.42. The molecular weight excluding hydrogens is 296 g/mol. The van der Waals surface area contributed by atoms with Crippen molar-refractivity contribution in [1.82, 2.24) is 9.62 Å². The first kappa shape index (κ1) is 17.4. The molecule has 0 radical (unpaired) electrons. The minimum atomic E-state index is -3.45. The van der Waals surface area contributed by atoms with Gasteiger partial charge in [-0.15, -0.1) is 0 Å². The van der Waals surface area contributed by atoms with Gasteiger partial charge >= 0.3 is 0 Å². The van der Waals surface area contributed by atoms with Crippen LogP contribution in [0.5, 0.6) is 0 Å². The Labute approximate surface area is 127 Å². The van der Waals surface area contributed by atoms with Gasteiger partial charge in [-0.25, -0.2) is 13.1 Å². The van der Waals surface area contributed by atoms with Crippen molar-refractivity contribution in [3.05, 3.63) is 28.3 Å². The first-order valence-corrected chi connectivity index (χ1v) is 8.51. The van der Waals surface area contributed by atoms with Crippen molar-refractivity contribution in [1.29, 1.82) is 0 Å². The van der Waals surface area contributed by atoms with Crippen molar-refractivity contribution < 1.29 is 8.42 Å². The van der Waals surface area contributed by atoms with Gasteiger partial charge in [-0.1, -0.05) is 11.6 Å². The van der Waals surface area contributed by atoms with Crippen LogP contribution in [0.3, 0.4) is 0 Å². The van der Waals surface area contributed by atoms with E-state index in [0.29, 0.717) is 22.0 Å². The van der Waals surface area contributed by atoms with Crippen molar-refractivity contribution in [3.8, 4) is 0 Å². The van der Waals surface area contributed by atoms with E-state index >= 15 is 0 Å². The molecule has 0 atom stereocenters. The molecule has 1 rings (SSSR count). The molecule has 20 heavy (non-hydrogen) atoms. The molecule has 1 aromatic carbocycles. The summed E-state index contributed by atoms with van der Waals surface area (Å²) >= 11 is 5.99. The van der Waals surface area contributed by atoms with Crippen LogP contribution in [-0.2, 0) is 10.0 Å². The van der Waals surface area contributed by atoms with Crippen LogP contribution in [-0.4, -0.2) is 40.5 Å². The largest absolute Gasteiger partial charge is 0.309 e. The maximum absolute atomic E-state index is 12.2. The third-order valence-corrected chi connectivity index (χ3v) is 5.08. The van der Waals surface area contributed by atoms with Crippen LogP contribution in [0.25, 0.3) is 0 Å². The summed E-state index contributed by atoms with van der Waals surface area (Å²) in [5.41, 5.74) is 1.44. The lowest BCUT2D eigenvalue weighted by atomic mass is 10.2. The lowest BCUT2D eigenvalue weighted by Gasteiger charge is -2.12. The topological polar surface area (TPSA) is 49.4 Å². The van der Waals surface area contributed by atoms with Gasteiger partial charge in [0.05, 0.1) is 4.90 Å². The molecule has 0 bridgehead atoms. The molecule has 0 spiro atoms. The average Bonchev–Trinajstić information content (AvgIpc) is 2.32. The minimum absolute atomic E-state index is 0.312. The Morgan fingerprint density at radius 1 is 1.15 bits per heavy atom. The van der Waals surface area contributed by atoms with Gasteiger partial charge in [0.25, 0.3) is 0 Å². The summed E-state index contributed by atoms with van der Waals surface area (Å²) < 4.78 is 27.1. The molecule has 1 aromatic rings. The van der Waals surface area contributed by atoms with Crippen LogP contribution in [0.2, 0.25) is 5.02 Å². The molecule has 0 aliphatic carbocycles. The van der Waals surface area contributed by atoms with E-state index in [-0.39, 0.29) is 0 Å². The van der Waals surface area contributed by atoms with Crippen molar-refractivity contribution in [3.63, 3.8) is 0 Å². The number of nitrogens with one attached hydrogen (secondary N) is 1. The molecule has 0 amide bonds. The van der Waals surface area contributed by atoms with Crippen LogP contribution in [0.1, 0.15) is 24.0 Å². The predicted octanol–water partition coefficient (Wildman–Crippen LogP) is 2.58. The van der Waals surface area contributed by atoms with E-state index in [4.69, 9.17) is 11.6 Å². The van der Waals surface area contributed by atoms with E-state index in [9.17, 15) is 8.42 Å². The predicted molar refractivity (Wildman–Crippen MR) is 83.9 cm³/mol. The summed E-state index contributed by atoms with van der Waals surface area (Å²) in [6, 6.07) is 3.32. The number of halogens is 1. The van der Waals surface area contributed by atoms with Gasteiger partial charge < -0.3 is 4.90 Å². The number of aryl methyl sites for hydroxylation is 2. The second-order valence-electron chi connectivity index (χ2n) is 5.28. The van der Waals surface area contributed by atoms with E-state index in [1.807, 2.05) is 14.1 Å². The van der Waals surface area contributed by atoms with Crippen molar-refractivity contribution in [2.24, 2.45) is 0 Å². The lowest BCUT2D eigenvalue weighted by Crippen LogP contribution is -2.26. The highest BCUT2D eigenvalue weighted by molar-refractivity contribution is 7.89. The van der Waals surface area contributed by atoms with Crippen LogP contribution >= 0.6 is 11.6 Å². The molecular formula is C14H23ClN2O2S. The zero-order chi connectivity index (χ0) is 15.3. The third-order valence-electron chi connectivity index (χ3n) is 3.07. The fourth-order valence-corrected chi connectivity index (χ4v) is 3.48. The molecule has 4 nitrogen and oxygen atoms in total. The summed E-state index contributed by atoms with van der Waals surface area (Å²) in [5.74, 6) is 0. The smallest absolute Gasteiger partial charge is 0.240 e. The highest BCUT2D eigenvalue weighted by Crippen LogP contribution is 2.23. The molecule has 114 valence electrons. The Kier molecular flexibility index (Phi) is 6.45. The summed E-state index contributed by atoms with van der Waals surface area (Å²) in [6.45, 7) is 4.97. The number of benzene rings is 1. The normalized spacial score (nSPS) is 12.1. The molecule has 0 saturated heterocycles. The molecule has 0 aliphatic heterocycles. The molecule has 1 N–H and O–H groups in total. The fraction of sp³-hybridized carbons (Fsp3) is 0.571. The summed E-state index contributed by atoms with van der Waals surface area (Å²) in [7, 11) is 0.555. The van der Waals surface area contributed by atoms with Crippen LogP contribution in [0, 0.1) is 13.8 Å². The van der Waals surface area contributed by atoms with E-state index in [1.54, 1.807) is 26.0 Å². The highest BCUT2D eigenvalue weighted by atomic mass is 35.5. The fourth-order valence-electron chi connectivity index (χ4n) is 1.88. The first-order chi connectivity index (χ1) is 9.24. The Bertz CT molecular complexity index is 557. The minimum Gasteiger partial charge on any atom is -0.309 e. The molecule has 0 aromatic heterocycles. The van der Waals surface area contributed by atoms with Gasteiger partial charge in [0.1, 0.15) is 0 Å². The Morgan fingerprint density at radius 3 is 2.40 bits per heavy atom. The van der Waals surface area contributed by atoms with E-state index in [1.165, 1.54) is 0 Å². The number of rotatable bonds is 7. The number of hydrogen-bond acceptors (Lipinski definition) is 3. The van der Waals surface area contributed by atoms with E-state index < -0.39 is 10.0 Å². The van der Waals surface area contributed by atoms with E-state index in [0.717, 1.165) is 24.9 Å². The summed E-state index contributed by atoms with van der Waals surface area (Å²) in [4.78, 5) is 2.40. The van der Waals surface area contributed by atoms with Gasteiger partial charge in [-0.2, -0.15) is 0 Å². The third kappa shape index (κ3) is 5.05. The number of hydrogen-bond donors (Lipinski definition) is 1. The van der Waals surface area contributed by atoms with Crippen molar-refractivity contribution >= 4 is 21.6 Å². The molecule has 0 aliphatic rings. The SMILES string of the molecule is Cc1cc(S(=O)(=O)NCCCCN(C)C)c(C)cc1Cl. The van der Waals surface area contributed by atoms with Gasteiger partial charge in [0.2, 0.25) is 10.0 Å². The van der Waals surface area contributed by atoms with E-state index in [2.05, 4.69) is 9.62 Å². The van der Waals surface area contributed by atoms with Gasteiger partial charge in [-0.3, -0.25) is 0 Å². The highest BCUT2D eigenvalue weighted by Gasteiger charge is 2.17. The standard InChI is InChI=1S/C14H23ClN2O2S/c1-11-10-14(12(2)9-13(11)15)20(18,19)16-7-5-6-8-17(3)4/h9-10,16H,5-8H2,1-4H3. The summed E-state index contributed by atoms with van der Waals surface area (Å²) in [5, 5.41) is 0.590. The molecule has 0 fully saturated rings. The number of sulfonamides is 1. The maximum Gasteiger partial charge on any atom is 0.240 e. The molecule has 0 heterocycles. The second kappa shape index (κ2) is 7.41. The maximum atomic E-state index is 12.2. The molecule has 6 heteroatoms. The Balaban J connectivity index is 2.68. The quantitative estimate of drug-likeness (QED) is 0.786. The Morgan fingerprint density at radius 2 is 1.80 bits per heavy atom. The first-order valence-electron chi connectivity index (χ1n) is 6.65. The van der Waals surface area contributed by atoms with Gasteiger partial charge in [0.15, 0.2) is 0 Å². The zero-order valence-corrected chi connectivity index (χ0v) is 14.1. The van der Waals surface area contributed by atoms with Crippen LogP contribution in [0.15, 0.2) is 17.0 Å². The zero-order valence-electron chi connectivity index (χ0n) is 12.5. The number of nitrogens with zero attached hydrogens (tertiary/aromatic N) is 1. The van der Waals surface area contributed by atoms with Gasteiger partial charge in [-0.05, 0) is 70.6 Å². The Hall–Kier alpha value is -0.620. The lowest BCUT2D eigenvalue weighted by molar-refractivity contribution is 0.394. The number of unbranched alkanes of at least 4 members (excludes halogenated alkanes) is 1. The summed E-state index contributed by atoms with van der Waals surface area (Å²) in [6.07, 6.45) is 1.79. The molecule has 0 unspecified atom stereocenters. The average molecular weight is 319 g/mol. The van der Waals surface area contributed by atoms with Crippen LogP contribution < -0.4 is 4.72 Å². The molecule has 0 saturated carbocycles. The van der Waals surface area contributed by atoms with Gasteiger partial charge in [0, 0.05) is 11.6 Å². The van der Waals surface area contributed by atoms with Crippen molar-refractivity contribution in [2.75, 3.05) is 27.2 Å². The monoisotopic (exact) mass is 318 g/mol.